The minimum atomic E-state index is -0.878. The summed E-state index contributed by atoms with van der Waals surface area (Å²) in [6.07, 6.45) is 3.00. The van der Waals surface area contributed by atoms with E-state index in [2.05, 4.69) is 10.3 Å². The predicted octanol–water partition coefficient (Wildman–Crippen LogP) is 2.22. The molecule has 1 aliphatic carbocycles. The molecule has 0 spiro atoms. The first-order chi connectivity index (χ1) is 9.08. The Morgan fingerprint density at radius 3 is 2.58 bits per heavy atom. The van der Waals surface area contributed by atoms with Crippen molar-refractivity contribution < 1.29 is 14.7 Å². The summed E-state index contributed by atoms with van der Waals surface area (Å²) in [7, 11) is 0. The first kappa shape index (κ1) is 13.5. The van der Waals surface area contributed by atoms with Crippen molar-refractivity contribution in [3.05, 3.63) is 23.9 Å². The van der Waals surface area contributed by atoms with Crippen LogP contribution in [0, 0.1) is 18.8 Å². The molecule has 0 aromatic carbocycles. The molecule has 1 heterocycles. The third-order valence-electron chi connectivity index (χ3n) is 3.56. The molecule has 1 aliphatic rings. The van der Waals surface area contributed by atoms with Gasteiger partial charge in [-0.15, -0.1) is 0 Å². The molecule has 2 atom stereocenters. The highest BCUT2D eigenvalue weighted by Crippen LogP contribution is 2.31. The number of hydrogen-bond acceptors (Lipinski definition) is 3. The van der Waals surface area contributed by atoms with Crippen LogP contribution in [0.3, 0.4) is 0 Å². The van der Waals surface area contributed by atoms with Crippen LogP contribution < -0.4 is 5.32 Å². The molecule has 0 bridgehead atoms. The first-order valence-electron chi connectivity index (χ1n) is 6.55. The quantitative estimate of drug-likeness (QED) is 0.875. The topological polar surface area (TPSA) is 79.3 Å². The molecule has 1 saturated carbocycles. The molecule has 0 radical (unpaired) electrons. The monoisotopic (exact) mass is 262 g/mol. The zero-order chi connectivity index (χ0) is 13.8. The van der Waals surface area contributed by atoms with E-state index in [-0.39, 0.29) is 5.91 Å². The molecule has 5 heteroatoms. The summed E-state index contributed by atoms with van der Waals surface area (Å²) >= 11 is 0. The van der Waals surface area contributed by atoms with Crippen LogP contribution >= 0.6 is 0 Å². The number of carbonyl (C=O) groups is 2. The van der Waals surface area contributed by atoms with E-state index in [0.717, 1.165) is 18.5 Å². The van der Waals surface area contributed by atoms with Crippen molar-refractivity contribution in [2.24, 2.45) is 11.8 Å². The Morgan fingerprint density at radius 1 is 1.26 bits per heavy atom. The molecular weight excluding hydrogens is 244 g/mol. The minimum absolute atomic E-state index is 0.231. The molecule has 5 nitrogen and oxygen atoms in total. The Morgan fingerprint density at radius 2 is 1.95 bits per heavy atom. The average molecular weight is 262 g/mol. The lowest BCUT2D eigenvalue weighted by atomic mass is 9.79. The Kier molecular flexibility index (Phi) is 4.14. The van der Waals surface area contributed by atoms with Gasteiger partial charge in [0.2, 0.25) is 5.91 Å². The van der Waals surface area contributed by atoms with E-state index in [4.69, 9.17) is 0 Å². The van der Waals surface area contributed by atoms with Crippen molar-refractivity contribution in [2.45, 2.75) is 32.6 Å². The van der Waals surface area contributed by atoms with Crippen molar-refractivity contribution in [3.63, 3.8) is 0 Å². The molecule has 0 saturated heterocycles. The number of amides is 1. The van der Waals surface area contributed by atoms with Crippen LogP contribution in [0.1, 0.15) is 31.4 Å². The number of nitrogens with one attached hydrogen (secondary N) is 1. The molecule has 102 valence electrons. The van der Waals surface area contributed by atoms with E-state index in [9.17, 15) is 14.7 Å². The molecule has 0 aliphatic heterocycles. The largest absolute Gasteiger partial charge is 0.481 e. The summed E-state index contributed by atoms with van der Waals surface area (Å²) in [5.74, 6) is -1.64. The summed E-state index contributed by atoms with van der Waals surface area (Å²) < 4.78 is 0. The Balaban J connectivity index is 2.07. The second-order valence-electron chi connectivity index (χ2n) is 4.99. The fraction of sp³-hybridized carbons (Fsp3) is 0.500. The van der Waals surface area contributed by atoms with Gasteiger partial charge in [-0.25, -0.2) is 4.98 Å². The number of pyridine rings is 1. The van der Waals surface area contributed by atoms with E-state index < -0.39 is 17.8 Å². The first-order valence-corrected chi connectivity index (χ1v) is 6.55. The van der Waals surface area contributed by atoms with E-state index >= 15 is 0 Å². The van der Waals surface area contributed by atoms with Gasteiger partial charge in [-0.05, 0) is 31.9 Å². The third kappa shape index (κ3) is 3.30. The number of anilines is 1. The summed E-state index contributed by atoms with van der Waals surface area (Å²) in [4.78, 5) is 27.6. The van der Waals surface area contributed by atoms with Crippen molar-refractivity contribution in [3.8, 4) is 0 Å². The van der Waals surface area contributed by atoms with Crippen LogP contribution in [0.15, 0.2) is 18.2 Å². The van der Waals surface area contributed by atoms with Gasteiger partial charge < -0.3 is 10.4 Å². The summed E-state index contributed by atoms with van der Waals surface area (Å²) in [5.41, 5.74) is 0.816. The number of aliphatic carboxylic acids is 1. The van der Waals surface area contributed by atoms with E-state index in [1.54, 1.807) is 6.07 Å². The van der Waals surface area contributed by atoms with E-state index in [0.29, 0.717) is 18.7 Å². The van der Waals surface area contributed by atoms with Crippen molar-refractivity contribution in [1.82, 2.24) is 4.98 Å². The van der Waals surface area contributed by atoms with Gasteiger partial charge in [-0.2, -0.15) is 0 Å². The van der Waals surface area contributed by atoms with Crippen molar-refractivity contribution in [1.29, 1.82) is 0 Å². The van der Waals surface area contributed by atoms with Crippen LogP contribution in [0.25, 0.3) is 0 Å². The fourth-order valence-corrected chi connectivity index (χ4v) is 2.57. The number of nitrogens with zero attached hydrogens (tertiary/aromatic N) is 1. The third-order valence-corrected chi connectivity index (χ3v) is 3.56. The highest BCUT2D eigenvalue weighted by atomic mass is 16.4. The lowest BCUT2D eigenvalue weighted by Crippen LogP contribution is -2.36. The predicted molar refractivity (Wildman–Crippen MR) is 70.7 cm³/mol. The zero-order valence-corrected chi connectivity index (χ0v) is 10.9. The molecule has 2 N–H and O–H groups in total. The van der Waals surface area contributed by atoms with Gasteiger partial charge in [0.15, 0.2) is 0 Å². The average Bonchev–Trinajstić information content (AvgIpc) is 2.38. The Bertz CT molecular complexity index is 487. The van der Waals surface area contributed by atoms with Crippen LogP contribution in [0.2, 0.25) is 0 Å². The number of carboxylic acids is 1. The van der Waals surface area contributed by atoms with Crippen molar-refractivity contribution >= 4 is 17.7 Å². The fourth-order valence-electron chi connectivity index (χ4n) is 2.57. The summed E-state index contributed by atoms with van der Waals surface area (Å²) in [6.45, 7) is 1.84. The molecule has 2 rings (SSSR count). The number of hydrogen-bond donors (Lipinski definition) is 2. The molecule has 0 unspecified atom stereocenters. The maximum absolute atomic E-state index is 12.2. The second-order valence-corrected chi connectivity index (χ2v) is 4.99. The van der Waals surface area contributed by atoms with Gasteiger partial charge >= 0.3 is 5.97 Å². The van der Waals surface area contributed by atoms with Crippen molar-refractivity contribution in [2.75, 3.05) is 5.32 Å². The molecule has 1 aromatic heterocycles. The molecule has 1 fully saturated rings. The van der Waals surface area contributed by atoms with E-state index in [1.165, 1.54) is 0 Å². The number of carbonyl (C=O) groups excluding carboxylic acids is 1. The van der Waals surface area contributed by atoms with Gasteiger partial charge in [-0.3, -0.25) is 9.59 Å². The maximum atomic E-state index is 12.2. The lowest BCUT2D eigenvalue weighted by molar-refractivity contribution is -0.147. The van der Waals surface area contributed by atoms with Gasteiger partial charge in [0.25, 0.3) is 0 Å². The zero-order valence-electron chi connectivity index (χ0n) is 10.9. The molecule has 1 amide bonds. The summed E-state index contributed by atoms with van der Waals surface area (Å²) in [5, 5.41) is 11.9. The maximum Gasteiger partial charge on any atom is 0.307 e. The molecule has 1 aromatic rings. The normalized spacial score (nSPS) is 22.8. The van der Waals surface area contributed by atoms with Crippen LogP contribution in [-0.4, -0.2) is 22.0 Å². The standard InChI is InChI=1S/C14H18N2O3/c1-9-5-4-8-12(15-9)16-13(17)10-6-2-3-7-11(10)14(18)19/h4-5,8,10-11H,2-3,6-7H2,1H3,(H,18,19)(H,15,16,17)/t10-,11+/m1/s1. The highest BCUT2D eigenvalue weighted by Gasteiger charge is 2.35. The lowest BCUT2D eigenvalue weighted by Gasteiger charge is -2.27. The van der Waals surface area contributed by atoms with Gasteiger partial charge in [0.05, 0.1) is 11.8 Å². The van der Waals surface area contributed by atoms with Crippen LogP contribution in [-0.2, 0) is 9.59 Å². The summed E-state index contributed by atoms with van der Waals surface area (Å²) in [6, 6.07) is 5.37. The van der Waals surface area contributed by atoms with E-state index in [1.807, 2.05) is 19.1 Å². The molecular formula is C14H18N2O3. The highest BCUT2D eigenvalue weighted by molar-refractivity contribution is 5.94. The Hall–Kier alpha value is -1.91. The number of carboxylic acid groups (broad SMARTS) is 1. The second kappa shape index (κ2) is 5.82. The number of rotatable bonds is 3. The van der Waals surface area contributed by atoms with Gasteiger partial charge in [-0.1, -0.05) is 18.9 Å². The number of aromatic nitrogens is 1. The SMILES string of the molecule is Cc1cccc(NC(=O)[C@@H]2CCCC[C@@H]2C(=O)O)n1. The Labute approximate surface area is 112 Å². The minimum Gasteiger partial charge on any atom is -0.481 e. The van der Waals surface area contributed by atoms with Gasteiger partial charge in [0.1, 0.15) is 5.82 Å². The van der Waals surface area contributed by atoms with Crippen LogP contribution in [0.5, 0.6) is 0 Å². The van der Waals surface area contributed by atoms with Crippen LogP contribution in [0.4, 0.5) is 5.82 Å². The van der Waals surface area contributed by atoms with Gasteiger partial charge in [0, 0.05) is 5.69 Å². The number of aryl methyl sites for hydroxylation is 1. The smallest absolute Gasteiger partial charge is 0.307 e. The molecule has 19 heavy (non-hydrogen) atoms.